The Labute approximate surface area is 201 Å². The molecule has 0 atom stereocenters. The third kappa shape index (κ3) is 4.45. The van der Waals surface area contributed by atoms with Crippen LogP contribution in [0.1, 0.15) is 0 Å². The standard InChI is InChI=1S/C25H17F2N3Si.Pt/c1-28-25-19(26)16-15-18(24(25)27)21-12-8-14-23(30-21)31(2,3)22-13-7-11-20(29-22)17-9-5-4-6-10-17;/h4-9,11-14,16H,2-3H3;/q-2;+2. The largest absolute Gasteiger partial charge is 2.00 e. The summed E-state index contributed by atoms with van der Waals surface area (Å²) in [5.41, 5.74) is 1.39. The van der Waals surface area contributed by atoms with Crippen molar-refractivity contribution in [1.82, 2.24) is 9.97 Å². The first kappa shape index (κ1) is 23.7. The Bertz CT molecular complexity index is 1300. The van der Waals surface area contributed by atoms with Gasteiger partial charge in [0.25, 0.3) is 0 Å². The van der Waals surface area contributed by atoms with E-state index in [-0.39, 0.29) is 26.6 Å². The van der Waals surface area contributed by atoms with Crippen LogP contribution in [0.3, 0.4) is 0 Å². The molecule has 0 unspecified atom stereocenters. The van der Waals surface area contributed by atoms with Crippen molar-refractivity contribution in [3.63, 3.8) is 0 Å². The van der Waals surface area contributed by atoms with Gasteiger partial charge in [-0.05, 0) is 23.5 Å². The Morgan fingerprint density at radius 3 is 2.16 bits per heavy atom. The Hall–Kier alpha value is -3.00. The minimum Gasteiger partial charge on any atom is -0.306 e. The van der Waals surface area contributed by atoms with Crippen LogP contribution in [0.5, 0.6) is 0 Å². The van der Waals surface area contributed by atoms with Crippen LogP contribution < -0.4 is 10.6 Å². The molecule has 160 valence electrons. The van der Waals surface area contributed by atoms with Crippen molar-refractivity contribution in [2.75, 3.05) is 0 Å². The molecule has 2 aromatic heterocycles. The molecule has 0 aliphatic rings. The van der Waals surface area contributed by atoms with Gasteiger partial charge in [-0.2, -0.15) is 0 Å². The van der Waals surface area contributed by atoms with Crippen molar-refractivity contribution >= 4 is 24.4 Å². The molecule has 32 heavy (non-hydrogen) atoms. The second kappa shape index (κ2) is 9.64. The number of rotatable bonds is 4. The van der Waals surface area contributed by atoms with Crippen molar-refractivity contribution in [2.45, 2.75) is 13.1 Å². The summed E-state index contributed by atoms with van der Waals surface area (Å²) >= 11 is 0. The van der Waals surface area contributed by atoms with Gasteiger partial charge in [0, 0.05) is 22.3 Å². The van der Waals surface area contributed by atoms with Crippen LogP contribution in [-0.2, 0) is 21.1 Å². The fraction of sp³-hybridized carbons (Fsp3) is 0.0800. The van der Waals surface area contributed by atoms with Gasteiger partial charge in [-0.1, -0.05) is 37.4 Å². The average Bonchev–Trinajstić information content (AvgIpc) is 2.80. The topological polar surface area (TPSA) is 30.1 Å². The summed E-state index contributed by atoms with van der Waals surface area (Å²) < 4.78 is 28.4. The normalized spacial score (nSPS) is 10.8. The van der Waals surface area contributed by atoms with E-state index >= 15 is 0 Å². The number of halogens is 2. The van der Waals surface area contributed by atoms with Crippen LogP contribution in [-0.4, -0.2) is 18.0 Å². The van der Waals surface area contributed by atoms with Gasteiger partial charge in [0.05, 0.1) is 6.57 Å². The number of nitrogens with zero attached hydrogens (tertiary/aromatic N) is 3. The Morgan fingerprint density at radius 1 is 0.875 bits per heavy atom. The molecular weight excluding hydrogens is 603 g/mol. The van der Waals surface area contributed by atoms with E-state index in [1.165, 1.54) is 0 Å². The maximum absolute atomic E-state index is 14.7. The summed E-state index contributed by atoms with van der Waals surface area (Å²) in [5.74, 6) is -1.88. The van der Waals surface area contributed by atoms with E-state index in [2.05, 4.69) is 35.1 Å². The predicted molar refractivity (Wildman–Crippen MR) is 120 cm³/mol. The first-order valence-electron chi connectivity index (χ1n) is 9.61. The zero-order valence-corrected chi connectivity index (χ0v) is 20.5. The molecule has 0 spiro atoms. The molecule has 4 aromatic rings. The predicted octanol–water partition coefficient (Wildman–Crippen LogP) is 5.06. The van der Waals surface area contributed by atoms with Gasteiger partial charge >= 0.3 is 21.1 Å². The fourth-order valence-electron chi connectivity index (χ4n) is 3.32. The maximum atomic E-state index is 14.7. The van der Waals surface area contributed by atoms with Gasteiger partial charge in [0.2, 0.25) is 0 Å². The Kier molecular flexibility index (Phi) is 7.13. The van der Waals surface area contributed by atoms with E-state index in [4.69, 9.17) is 11.6 Å². The van der Waals surface area contributed by atoms with Gasteiger partial charge in [0.1, 0.15) is 0 Å². The van der Waals surface area contributed by atoms with Crippen LogP contribution >= 0.6 is 0 Å². The summed E-state index contributed by atoms with van der Waals surface area (Å²) in [4.78, 5) is 12.5. The summed E-state index contributed by atoms with van der Waals surface area (Å²) in [6.45, 7) is 11.3. The molecule has 4 rings (SSSR count). The van der Waals surface area contributed by atoms with E-state index in [1.54, 1.807) is 12.1 Å². The quantitative estimate of drug-likeness (QED) is 0.236. The second-order valence-electron chi connectivity index (χ2n) is 7.50. The maximum Gasteiger partial charge on any atom is 2.00 e. The SMILES string of the molecule is [C-]#[N+]c1c(F)c[c-]c(-c2cccc([Si](C)(C)c3cccc(-c4[c-]cccc4)n3)n2)c1F.[Pt+2]. The minimum atomic E-state index is -2.34. The molecule has 0 N–H and O–H groups in total. The van der Waals surface area contributed by atoms with E-state index in [1.807, 2.05) is 48.5 Å². The first-order chi connectivity index (χ1) is 14.9. The number of hydrogen-bond acceptors (Lipinski definition) is 2. The summed E-state index contributed by atoms with van der Waals surface area (Å²) in [5, 5.41) is 1.73. The number of pyridine rings is 2. The fourth-order valence-corrected chi connectivity index (χ4v) is 5.41. The molecular formula is C25H17F2N3PtSi. The molecule has 0 saturated carbocycles. The minimum absolute atomic E-state index is 0. The van der Waals surface area contributed by atoms with E-state index in [0.717, 1.165) is 28.0 Å². The third-order valence-corrected chi connectivity index (χ3v) is 8.25. The van der Waals surface area contributed by atoms with Crippen LogP contribution in [0.25, 0.3) is 27.4 Å². The molecule has 2 aromatic carbocycles. The summed E-state index contributed by atoms with van der Waals surface area (Å²) in [7, 11) is -2.34. The summed E-state index contributed by atoms with van der Waals surface area (Å²) in [6.07, 6.45) is 0. The molecule has 0 fully saturated rings. The number of benzene rings is 2. The monoisotopic (exact) mass is 620 g/mol. The molecule has 0 amide bonds. The average molecular weight is 621 g/mol. The van der Waals surface area contributed by atoms with E-state index < -0.39 is 25.4 Å². The number of aromatic nitrogens is 2. The van der Waals surface area contributed by atoms with Gasteiger partial charge in [-0.25, -0.2) is 0 Å². The molecule has 3 nitrogen and oxygen atoms in total. The molecule has 0 bridgehead atoms. The second-order valence-corrected chi connectivity index (χ2v) is 11.8. The van der Waals surface area contributed by atoms with Crippen LogP contribution in [0, 0.1) is 30.3 Å². The smallest absolute Gasteiger partial charge is 0.306 e. The molecule has 0 aliphatic heterocycles. The van der Waals surface area contributed by atoms with Crippen molar-refractivity contribution in [2.24, 2.45) is 0 Å². The van der Waals surface area contributed by atoms with E-state index in [9.17, 15) is 8.78 Å². The zero-order valence-electron chi connectivity index (χ0n) is 17.3. The van der Waals surface area contributed by atoms with Gasteiger partial charge in [0.15, 0.2) is 13.8 Å². The molecule has 2 heterocycles. The molecule has 7 heteroatoms. The van der Waals surface area contributed by atoms with Crippen molar-refractivity contribution in [3.8, 4) is 22.5 Å². The van der Waals surface area contributed by atoms with Crippen LogP contribution in [0.4, 0.5) is 14.5 Å². The van der Waals surface area contributed by atoms with E-state index in [0.29, 0.717) is 5.69 Å². The van der Waals surface area contributed by atoms with Crippen LogP contribution in [0.15, 0.2) is 66.7 Å². The summed E-state index contributed by atoms with van der Waals surface area (Å²) in [6, 6.07) is 25.6. The molecule has 0 aliphatic carbocycles. The third-order valence-electron chi connectivity index (χ3n) is 5.13. The van der Waals surface area contributed by atoms with Crippen molar-refractivity contribution < 1.29 is 29.8 Å². The Balaban J connectivity index is 0.00000289. The van der Waals surface area contributed by atoms with Gasteiger partial charge in [-0.15, -0.1) is 53.6 Å². The number of hydrogen-bond donors (Lipinski definition) is 0. The van der Waals surface area contributed by atoms with Crippen molar-refractivity contribution in [1.29, 1.82) is 0 Å². The van der Waals surface area contributed by atoms with Crippen LogP contribution in [0.2, 0.25) is 13.1 Å². The molecule has 0 radical (unpaired) electrons. The van der Waals surface area contributed by atoms with Gasteiger partial charge < -0.3 is 9.97 Å². The first-order valence-corrected chi connectivity index (χ1v) is 12.6. The zero-order chi connectivity index (χ0) is 22.0. The Morgan fingerprint density at radius 2 is 1.53 bits per heavy atom. The van der Waals surface area contributed by atoms with Gasteiger partial charge in [-0.3, -0.25) is 13.6 Å². The molecule has 0 saturated heterocycles. The van der Waals surface area contributed by atoms with Crippen molar-refractivity contribution in [3.05, 3.63) is 102 Å².